The van der Waals surface area contributed by atoms with Gasteiger partial charge in [-0.05, 0) is 68.4 Å². The van der Waals surface area contributed by atoms with Crippen LogP contribution >= 0.6 is 0 Å². The van der Waals surface area contributed by atoms with Gasteiger partial charge >= 0.3 is 0 Å². The van der Waals surface area contributed by atoms with Crippen LogP contribution in [0.5, 0.6) is 0 Å². The predicted octanol–water partition coefficient (Wildman–Crippen LogP) is 3.94. The van der Waals surface area contributed by atoms with E-state index in [0.717, 1.165) is 24.2 Å². The number of amides is 1. The van der Waals surface area contributed by atoms with E-state index in [1.54, 1.807) is 41.3 Å². The molecule has 0 radical (unpaired) electrons. The number of furan rings is 1. The van der Waals surface area contributed by atoms with Crippen molar-refractivity contribution < 1.29 is 17.6 Å². The molecule has 3 unspecified atom stereocenters. The summed E-state index contributed by atoms with van der Waals surface area (Å²) in [5.41, 5.74) is 1.02. The first kappa shape index (κ1) is 21.8. The molecule has 166 valence electrons. The fraction of sp³-hybridized carbons (Fsp3) is 0.458. The van der Waals surface area contributed by atoms with Gasteiger partial charge in [0.05, 0.1) is 4.90 Å². The van der Waals surface area contributed by atoms with Gasteiger partial charge in [0.2, 0.25) is 15.9 Å². The van der Waals surface area contributed by atoms with E-state index in [1.165, 1.54) is 6.42 Å². The zero-order chi connectivity index (χ0) is 22.0. The summed E-state index contributed by atoms with van der Waals surface area (Å²) in [4.78, 5) is 14.7. The molecule has 0 spiro atoms. The van der Waals surface area contributed by atoms with E-state index >= 15 is 0 Å². The standard InChI is InChI=1S/C24H30N2O4S/c1-17-5-9-21(10-6-17)31(28,29)25-15-19-4-3-13-26(16-19)24(27)12-8-20-7-11-23(30-20)22-14-18(22)2/h5-12,18-19,22,25H,3-4,13-16H2,1-2H3/b12-8+. The molecule has 1 saturated heterocycles. The van der Waals surface area contributed by atoms with Crippen LogP contribution in [0.3, 0.4) is 0 Å². The molecule has 6 nitrogen and oxygen atoms in total. The van der Waals surface area contributed by atoms with Crippen LogP contribution < -0.4 is 4.72 Å². The maximum atomic E-state index is 12.6. The van der Waals surface area contributed by atoms with E-state index in [0.29, 0.717) is 37.2 Å². The molecule has 31 heavy (non-hydrogen) atoms. The number of nitrogens with zero attached hydrogens (tertiary/aromatic N) is 1. The lowest BCUT2D eigenvalue weighted by Crippen LogP contribution is -2.43. The molecule has 3 atom stereocenters. The van der Waals surface area contributed by atoms with Gasteiger partial charge in [-0.1, -0.05) is 24.6 Å². The second-order valence-corrected chi connectivity index (χ2v) is 10.6. The number of hydrogen-bond donors (Lipinski definition) is 1. The SMILES string of the molecule is Cc1ccc(S(=O)(=O)NCC2CCCN(C(=O)/C=C/c3ccc(C4CC4C)o3)C2)cc1. The summed E-state index contributed by atoms with van der Waals surface area (Å²) in [7, 11) is -3.54. The lowest BCUT2D eigenvalue weighted by Gasteiger charge is -2.32. The van der Waals surface area contributed by atoms with Crippen molar-refractivity contribution in [2.24, 2.45) is 11.8 Å². The highest BCUT2D eigenvalue weighted by Crippen LogP contribution is 2.47. The van der Waals surface area contributed by atoms with Crippen LogP contribution in [0.1, 0.15) is 49.2 Å². The van der Waals surface area contributed by atoms with Crippen molar-refractivity contribution >= 4 is 22.0 Å². The average Bonchev–Trinajstić information content (AvgIpc) is 3.30. The molecule has 1 N–H and O–H groups in total. The predicted molar refractivity (Wildman–Crippen MR) is 120 cm³/mol. The monoisotopic (exact) mass is 442 g/mol. The summed E-state index contributed by atoms with van der Waals surface area (Å²) in [6.07, 6.45) is 6.20. The zero-order valence-corrected chi connectivity index (χ0v) is 18.9. The molecule has 2 aromatic rings. The van der Waals surface area contributed by atoms with Gasteiger partial charge in [-0.3, -0.25) is 4.79 Å². The van der Waals surface area contributed by atoms with Crippen LogP contribution in [-0.2, 0) is 14.8 Å². The number of likely N-dealkylation sites (tertiary alicyclic amines) is 1. The molecule has 1 aromatic carbocycles. The van der Waals surface area contributed by atoms with Crippen molar-refractivity contribution in [2.45, 2.75) is 43.9 Å². The Morgan fingerprint density at radius 3 is 2.68 bits per heavy atom. The number of piperidine rings is 1. The number of hydrogen-bond acceptors (Lipinski definition) is 4. The van der Waals surface area contributed by atoms with Crippen molar-refractivity contribution in [3.05, 3.63) is 59.6 Å². The van der Waals surface area contributed by atoms with Crippen LogP contribution in [0.2, 0.25) is 0 Å². The Bertz CT molecular complexity index is 1060. The van der Waals surface area contributed by atoms with Gasteiger partial charge in [0.15, 0.2) is 0 Å². The van der Waals surface area contributed by atoms with E-state index in [9.17, 15) is 13.2 Å². The number of carbonyl (C=O) groups excluding carboxylic acids is 1. The molecule has 4 rings (SSSR count). The lowest BCUT2D eigenvalue weighted by molar-refractivity contribution is -0.127. The highest BCUT2D eigenvalue weighted by Gasteiger charge is 2.36. The number of benzene rings is 1. The van der Waals surface area contributed by atoms with Gasteiger partial charge in [0.1, 0.15) is 11.5 Å². The van der Waals surface area contributed by atoms with Crippen LogP contribution in [0, 0.1) is 18.8 Å². The fourth-order valence-corrected chi connectivity index (χ4v) is 5.21. The van der Waals surface area contributed by atoms with Crippen molar-refractivity contribution in [1.29, 1.82) is 0 Å². The maximum Gasteiger partial charge on any atom is 0.246 e. The zero-order valence-electron chi connectivity index (χ0n) is 18.1. The molecular formula is C24H30N2O4S. The van der Waals surface area contributed by atoms with Gasteiger partial charge in [-0.25, -0.2) is 13.1 Å². The van der Waals surface area contributed by atoms with Gasteiger partial charge < -0.3 is 9.32 Å². The van der Waals surface area contributed by atoms with Gasteiger partial charge in [0, 0.05) is 31.6 Å². The molecule has 1 amide bonds. The molecule has 1 aliphatic carbocycles. The topological polar surface area (TPSA) is 79.6 Å². The van der Waals surface area contributed by atoms with Crippen molar-refractivity contribution in [3.63, 3.8) is 0 Å². The molecule has 0 bridgehead atoms. The number of nitrogens with one attached hydrogen (secondary N) is 1. The number of sulfonamides is 1. The van der Waals surface area contributed by atoms with Crippen LogP contribution in [0.15, 0.2) is 51.8 Å². The van der Waals surface area contributed by atoms with Crippen LogP contribution in [0.25, 0.3) is 6.08 Å². The maximum absolute atomic E-state index is 12.6. The summed E-state index contributed by atoms with van der Waals surface area (Å²) in [5, 5.41) is 0. The van der Waals surface area contributed by atoms with Gasteiger partial charge in [-0.15, -0.1) is 0 Å². The third kappa shape index (κ3) is 5.46. The Labute approximate surface area is 184 Å². The minimum Gasteiger partial charge on any atom is -0.461 e. The van der Waals surface area contributed by atoms with E-state index in [1.807, 2.05) is 19.1 Å². The van der Waals surface area contributed by atoms with Crippen LogP contribution in [-0.4, -0.2) is 38.9 Å². The molecule has 7 heteroatoms. The Hall–Kier alpha value is -2.38. The highest BCUT2D eigenvalue weighted by molar-refractivity contribution is 7.89. The number of rotatable bonds is 7. The fourth-order valence-electron chi connectivity index (χ4n) is 4.09. The van der Waals surface area contributed by atoms with Gasteiger partial charge in [0.25, 0.3) is 0 Å². The quantitative estimate of drug-likeness (QED) is 0.659. The molecule has 1 aliphatic heterocycles. The lowest BCUT2D eigenvalue weighted by atomic mass is 9.98. The van der Waals surface area contributed by atoms with E-state index in [4.69, 9.17) is 4.42 Å². The molecule has 1 saturated carbocycles. The van der Waals surface area contributed by atoms with E-state index < -0.39 is 10.0 Å². The summed E-state index contributed by atoms with van der Waals surface area (Å²) < 4.78 is 33.6. The summed E-state index contributed by atoms with van der Waals surface area (Å²) >= 11 is 0. The summed E-state index contributed by atoms with van der Waals surface area (Å²) in [6.45, 7) is 5.69. The second kappa shape index (κ2) is 9.01. The number of aryl methyl sites for hydroxylation is 1. The normalized spacial score (nSPS) is 23.9. The Kier molecular flexibility index (Phi) is 6.34. The Morgan fingerprint density at radius 1 is 1.23 bits per heavy atom. The number of carbonyl (C=O) groups is 1. The largest absolute Gasteiger partial charge is 0.461 e. The Balaban J connectivity index is 1.30. The first-order valence-corrected chi connectivity index (χ1v) is 12.4. The summed E-state index contributed by atoms with van der Waals surface area (Å²) in [5.74, 6) is 2.92. The molecule has 1 aromatic heterocycles. The first-order chi connectivity index (χ1) is 14.8. The average molecular weight is 443 g/mol. The van der Waals surface area contributed by atoms with Crippen LogP contribution in [0.4, 0.5) is 0 Å². The second-order valence-electron chi connectivity index (χ2n) is 8.85. The van der Waals surface area contributed by atoms with E-state index in [2.05, 4.69) is 11.6 Å². The summed E-state index contributed by atoms with van der Waals surface area (Å²) in [6, 6.07) is 10.7. The van der Waals surface area contributed by atoms with Crippen molar-refractivity contribution in [2.75, 3.05) is 19.6 Å². The minimum atomic E-state index is -3.54. The molecule has 2 fully saturated rings. The van der Waals surface area contributed by atoms with Crippen molar-refractivity contribution in [1.82, 2.24) is 9.62 Å². The molecule has 2 aliphatic rings. The van der Waals surface area contributed by atoms with Crippen molar-refractivity contribution in [3.8, 4) is 0 Å². The first-order valence-electron chi connectivity index (χ1n) is 10.9. The third-order valence-corrected chi connectivity index (χ3v) is 7.68. The third-order valence-electron chi connectivity index (χ3n) is 6.24. The molecular weight excluding hydrogens is 412 g/mol. The van der Waals surface area contributed by atoms with E-state index in [-0.39, 0.29) is 16.7 Å². The van der Waals surface area contributed by atoms with Gasteiger partial charge in [-0.2, -0.15) is 0 Å². The molecule has 2 heterocycles. The minimum absolute atomic E-state index is 0.0659. The smallest absolute Gasteiger partial charge is 0.246 e. The highest BCUT2D eigenvalue weighted by atomic mass is 32.2. The Morgan fingerprint density at radius 2 is 1.97 bits per heavy atom.